The monoisotopic (exact) mass is 376 g/mol. The van der Waals surface area contributed by atoms with Gasteiger partial charge in [-0.1, -0.05) is 13.8 Å². The maximum absolute atomic E-state index is 13.1. The molecule has 1 atom stereocenters. The number of carbonyl (C=O) groups is 2. The Bertz CT molecular complexity index is 658. The van der Waals surface area contributed by atoms with E-state index in [4.69, 9.17) is 4.74 Å². The van der Waals surface area contributed by atoms with Crippen LogP contribution < -0.4 is 5.32 Å². The van der Waals surface area contributed by atoms with Gasteiger partial charge in [0.15, 0.2) is 5.82 Å². The van der Waals surface area contributed by atoms with Gasteiger partial charge in [-0.15, -0.1) is 0 Å². The number of aromatic nitrogens is 2. The standard InChI is InChI=1S/C20H32N4O3/c1-3-10-23(11-4-2)20(26)17-16-9-5-6-12-24(16)18(22-17)19(25)21-14-15-8-7-13-27-15/h15H,3-14H2,1-2H3,(H,21,25). The minimum atomic E-state index is -0.203. The van der Waals surface area contributed by atoms with Crippen molar-refractivity contribution in [2.45, 2.75) is 71.4 Å². The quantitative estimate of drug-likeness (QED) is 0.756. The number of rotatable bonds is 8. The number of imidazole rings is 1. The van der Waals surface area contributed by atoms with E-state index in [1.807, 2.05) is 9.47 Å². The summed E-state index contributed by atoms with van der Waals surface area (Å²) in [6.07, 6.45) is 6.79. The summed E-state index contributed by atoms with van der Waals surface area (Å²) < 4.78 is 7.53. The summed E-state index contributed by atoms with van der Waals surface area (Å²) in [7, 11) is 0. The first-order valence-corrected chi connectivity index (χ1v) is 10.4. The number of hydrogen-bond donors (Lipinski definition) is 1. The van der Waals surface area contributed by atoms with E-state index in [2.05, 4.69) is 24.1 Å². The van der Waals surface area contributed by atoms with Crippen LogP contribution in [0.3, 0.4) is 0 Å². The van der Waals surface area contributed by atoms with E-state index >= 15 is 0 Å². The zero-order valence-electron chi connectivity index (χ0n) is 16.6. The highest BCUT2D eigenvalue weighted by Gasteiger charge is 2.30. The smallest absolute Gasteiger partial charge is 0.287 e. The Hall–Kier alpha value is -1.89. The average molecular weight is 377 g/mol. The molecule has 1 unspecified atom stereocenters. The summed E-state index contributed by atoms with van der Waals surface area (Å²) in [6, 6.07) is 0. The lowest BCUT2D eigenvalue weighted by atomic mass is 10.1. The second-order valence-electron chi connectivity index (χ2n) is 7.48. The molecule has 3 heterocycles. The van der Waals surface area contributed by atoms with Crippen LogP contribution in [0.2, 0.25) is 0 Å². The predicted molar refractivity (Wildman–Crippen MR) is 103 cm³/mol. The minimum Gasteiger partial charge on any atom is -0.376 e. The zero-order valence-corrected chi connectivity index (χ0v) is 16.6. The molecule has 0 aromatic carbocycles. The molecule has 1 aromatic heterocycles. The van der Waals surface area contributed by atoms with Gasteiger partial charge < -0.3 is 19.5 Å². The van der Waals surface area contributed by atoms with Gasteiger partial charge in [0.05, 0.1) is 11.8 Å². The maximum atomic E-state index is 13.1. The molecule has 2 amide bonds. The second kappa shape index (κ2) is 9.35. The molecule has 27 heavy (non-hydrogen) atoms. The third-order valence-electron chi connectivity index (χ3n) is 5.31. The van der Waals surface area contributed by atoms with Gasteiger partial charge in [0.1, 0.15) is 5.69 Å². The SMILES string of the molecule is CCCN(CCC)C(=O)c1nc(C(=O)NCC2CCCO2)n2c1CCCC2. The van der Waals surface area contributed by atoms with Crippen molar-refractivity contribution in [1.29, 1.82) is 0 Å². The Morgan fingerprint density at radius 3 is 2.67 bits per heavy atom. The van der Waals surface area contributed by atoms with Crippen LogP contribution in [0.5, 0.6) is 0 Å². The number of fused-ring (bicyclic) bond motifs is 1. The van der Waals surface area contributed by atoms with Gasteiger partial charge in [0, 0.05) is 32.8 Å². The van der Waals surface area contributed by atoms with Gasteiger partial charge >= 0.3 is 0 Å². The highest BCUT2D eigenvalue weighted by molar-refractivity contribution is 5.97. The molecular weight excluding hydrogens is 344 g/mol. The molecule has 2 aliphatic heterocycles. The molecule has 1 saturated heterocycles. The summed E-state index contributed by atoms with van der Waals surface area (Å²) in [6.45, 7) is 7.61. The van der Waals surface area contributed by atoms with E-state index in [-0.39, 0.29) is 17.9 Å². The first-order valence-electron chi connectivity index (χ1n) is 10.4. The lowest BCUT2D eigenvalue weighted by molar-refractivity contribution is 0.0748. The highest BCUT2D eigenvalue weighted by atomic mass is 16.5. The van der Waals surface area contributed by atoms with E-state index in [1.165, 1.54) is 0 Å². The third kappa shape index (κ3) is 4.51. The highest BCUT2D eigenvalue weighted by Crippen LogP contribution is 2.23. The molecule has 2 aliphatic rings. The van der Waals surface area contributed by atoms with Crippen LogP contribution in [0.25, 0.3) is 0 Å². The van der Waals surface area contributed by atoms with Crippen molar-refractivity contribution in [3.63, 3.8) is 0 Å². The van der Waals surface area contributed by atoms with E-state index in [9.17, 15) is 9.59 Å². The summed E-state index contributed by atoms with van der Waals surface area (Å²) in [4.78, 5) is 32.3. The average Bonchev–Trinajstić information content (AvgIpc) is 3.33. The van der Waals surface area contributed by atoms with Crippen molar-refractivity contribution < 1.29 is 14.3 Å². The van der Waals surface area contributed by atoms with E-state index in [0.29, 0.717) is 18.1 Å². The van der Waals surface area contributed by atoms with Crippen molar-refractivity contribution in [2.24, 2.45) is 0 Å². The van der Waals surface area contributed by atoms with Crippen LogP contribution in [-0.4, -0.2) is 58.6 Å². The molecule has 0 bridgehead atoms. The van der Waals surface area contributed by atoms with E-state index < -0.39 is 0 Å². The first kappa shape index (κ1) is 19.9. The normalized spacial score (nSPS) is 19.0. The molecule has 150 valence electrons. The third-order valence-corrected chi connectivity index (χ3v) is 5.31. The summed E-state index contributed by atoms with van der Waals surface area (Å²) in [5, 5.41) is 2.95. The maximum Gasteiger partial charge on any atom is 0.287 e. The Balaban J connectivity index is 1.80. The van der Waals surface area contributed by atoms with Gasteiger partial charge in [-0.05, 0) is 44.9 Å². The first-order chi connectivity index (χ1) is 13.2. The Labute approximate surface area is 161 Å². The van der Waals surface area contributed by atoms with Crippen molar-refractivity contribution in [1.82, 2.24) is 19.8 Å². The fourth-order valence-corrected chi connectivity index (χ4v) is 3.98. The molecule has 1 N–H and O–H groups in total. The van der Waals surface area contributed by atoms with Crippen molar-refractivity contribution >= 4 is 11.8 Å². The molecule has 1 aromatic rings. The molecule has 0 saturated carbocycles. The Kier molecular flexibility index (Phi) is 6.88. The van der Waals surface area contributed by atoms with Crippen molar-refractivity contribution in [3.8, 4) is 0 Å². The van der Waals surface area contributed by atoms with E-state index in [0.717, 1.165) is 76.9 Å². The molecule has 0 radical (unpaired) electrons. The summed E-state index contributed by atoms with van der Waals surface area (Å²) >= 11 is 0. The zero-order chi connectivity index (χ0) is 19.2. The van der Waals surface area contributed by atoms with Crippen LogP contribution in [0, 0.1) is 0 Å². The Morgan fingerprint density at radius 1 is 1.22 bits per heavy atom. The number of amides is 2. The van der Waals surface area contributed by atoms with E-state index in [1.54, 1.807) is 0 Å². The van der Waals surface area contributed by atoms with Crippen LogP contribution in [0.1, 0.15) is 79.2 Å². The number of carbonyl (C=O) groups excluding carboxylic acids is 2. The van der Waals surface area contributed by atoms with Crippen molar-refractivity contribution in [3.05, 3.63) is 17.2 Å². The molecular formula is C20H32N4O3. The number of nitrogens with one attached hydrogen (secondary N) is 1. The fourth-order valence-electron chi connectivity index (χ4n) is 3.98. The summed E-state index contributed by atoms with van der Waals surface area (Å²) in [5.41, 5.74) is 1.39. The molecule has 0 spiro atoms. The van der Waals surface area contributed by atoms with Crippen molar-refractivity contribution in [2.75, 3.05) is 26.2 Å². The summed E-state index contributed by atoms with van der Waals surface area (Å²) in [5.74, 6) is 0.131. The van der Waals surface area contributed by atoms with Crippen LogP contribution in [0.15, 0.2) is 0 Å². The lowest BCUT2D eigenvalue weighted by Gasteiger charge is -2.22. The number of nitrogens with zero attached hydrogens (tertiary/aromatic N) is 3. The molecule has 3 rings (SSSR count). The van der Waals surface area contributed by atoms with Crippen LogP contribution >= 0.6 is 0 Å². The number of hydrogen-bond acceptors (Lipinski definition) is 4. The fraction of sp³-hybridized carbons (Fsp3) is 0.750. The number of ether oxygens (including phenoxy) is 1. The van der Waals surface area contributed by atoms with Crippen LogP contribution in [-0.2, 0) is 17.7 Å². The molecule has 7 nitrogen and oxygen atoms in total. The largest absolute Gasteiger partial charge is 0.376 e. The second-order valence-corrected chi connectivity index (χ2v) is 7.48. The topological polar surface area (TPSA) is 76.5 Å². The van der Waals surface area contributed by atoms with Gasteiger partial charge in [-0.25, -0.2) is 4.98 Å². The lowest BCUT2D eigenvalue weighted by Crippen LogP contribution is -2.34. The minimum absolute atomic E-state index is 0.0393. The molecule has 1 fully saturated rings. The van der Waals surface area contributed by atoms with Gasteiger partial charge in [-0.2, -0.15) is 0 Å². The Morgan fingerprint density at radius 2 is 2.00 bits per heavy atom. The van der Waals surface area contributed by atoms with Gasteiger partial charge in [0.25, 0.3) is 11.8 Å². The molecule has 0 aliphatic carbocycles. The van der Waals surface area contributed by atoms with Gasteiger partial charge in [-0.3, -0.25) is 9.59 Å². The van der Waals surface area contributed by atoms with Crippen LogP contribution in [0.4, 0.5) is 0 Å². The molecule has 7 heteroatoms. The van der Waals surface area contributed by atoms with Gasteiger partial charge in [0.2, 0.25) is 0 Å². The predicted octanol–water partition coefficient (Wildman–Crippen LogP) is 2.39.